The third-order valence-electron chi connectivity index (χ3n) is 2.68. The first-order chi connectivity index (χ1) is 9.45. The molecule has 0 aliphatic heterocycles. The molecule has 1 aromatic rings. The summed E-state index contributed by atoms with van der Waals surface area (Å²) < 4.78 is 0. The number of amides is 2. The highest BCUT2D eigenvalue weighted by Gasteiger charge is 2.11. The first kappa shape index (κ1) is 15.7. The average Bonchev–Trinajstić information content (AvgIpc) is 2.40. The second-order valence-corrected chi connectivity index (χ2v) is 4.59. The standard InChI is InChI=1S/C15H19N3O2/c1-5-8-16-10-14(19)17-13-9-12(7-6-11(13)2)15(20)18(3)4/h1,6-7,9,16H,8,10H2,2-4H3,(H,17,19). The van der Waals surface area contributed by atoms with Crippen LogP contribution in [0.3, 0.4) is 0 Å². The molecule has 0 radical (unpaired) electrons. The molecule has 20 heavy (non-hydrogen) atoms. The lowest BCUT2D eigenvalue weighted by Crippen LogP contribution is -2.28. The van der Waals surface area contributed by atoms with E-state index in [1.165, 1.54) is 4.90 Å². The van der Waals surface area contributed by atoms with Gasteiger partial charge in [-0.2, -0.15) is 0 Å². The molecule has 0 unspecified atom stereocenters. The van der Waals surface area contributed by atoms with Crippen molar-refractivity contribution in [3.8, 4) is 12.3 Å². The molecular weight excluding hydrogens is 254 g/mol. The molecule has 5 nitrogen and oxygen atoms in total. The molecule has 0 aliphatic carbocycles. The van der Waals surface area contributed by atoms with Gasteiger partial charge in [0, 0.05) is 25.3 Å². The summed E-state index contributed by atoms with van der Waals surface area (Å²) in [6.07, 6.45) is 5.09. The summed E-state index contributed by atoms with van der Waals surface area (Å²) in [6.45, 7) is 2.34. The number of terminal acetylenes is 1. The maximum Gasteiger partial charge on any atom is 0.253 e. The Morgan fingerprint density at radius 1 is 1.35 bits per heavy atom. The molecule has 0 fully saturated rings. The van der Waals surface area contributed by atoms with Crippen LogP contribution >= 0.6 is 0 Å². The van der Waals surface area contributed by atoms with E-state index in [0.29, 0.717) is 17.8 Å². The topological polar surface area (TPSA) is 61.4 Å². The molecule has 0 bridgehead atoms. The third-order valence-corrected chi connectivity index (χ3v) is 2.68. The van der Waals surface area contributed by atoms with E-state index in [1.54, 1.807) is 32.3 Å². The van der Waals surface area contributed by atoms with Gasteiger partial charge in [-0.05, 0) is 24.6 Å². The van der Waals surface area contributed by atoms with Crippen molar-refractivity contribution < 1.29 is 9.59 Å². The molecule has 0 heterocycles. The number of nitrogens with zero attached hydrogens (tertiary/aromatic N) is 1. The fourth-order valence-corrected chi connectivity index (χ4v) is 1.59. The van der Waals surface area contributed by atoms with E-state index < -0.39 is 0 Å². The summed E-state index contributed by atoms with van der Waals surface area (Å²) >= 11 is 0. The maximum atomic E-state index is 11.9. The molecule has 5 heteroatoms. The number of carbonyl (C=O) groups is 2. The number of carbonyl (C=O) groups excluding carboxylic acids is 2. The van der Waals surface area contributed by atoms with Gasteiger partial charge in [-0.15, -0.1) is 6.42 Å². The molecule has 2 N–H and O–H groups in total. The van der Waals surface area contributed by atoms with Crippen LogP contribution in [0.4, 0.5) is 5.69 Å². The van der Waals surface area contributed by atoms with E-state index in [4.69, 9.17) is 6.42 Å². The number of nitrogens with one attached hydrogen (secondary N) is 2. The quantitative estimate of drug-likeness (QED) is 0.618. The van der Waals surface area contributed by atoms with Crippen molar-refractivity contribution >= 4 is 17.5 Å². The van der Waals surface area contributed by atoms with E-state index in [1.807, 2.05) is 6.92 Å². The highest BCUT2D eigenvalue weighted by Crippen LogP contribution is 2.17. The van der Waals surface area contributed by atoms with E-state index in [9.17, 15) is 9.59 Å². The molecule has 1 rings (SSSR count). The van der Waals surface area contributed by atoms with Crippen LogP contribution < -0.4 is 10.6 Å². The van der Waals surface area contributed by atoms with Gasteiger partial charge < -0.3 is 10.2 Å². The van der Waals surface area contributed by atoms with Crippen molar-refractivity contribution in [3.05, 3.63) is 29.3 Å². The lowest BCUT2D eigenvalue weighted by Gasteiger charge is -2.13. The Bertz CT molecular complexity index is 545. The normalized spacial score (nSPS) is 9.70. The number of benzene rings is 1. The van der Waals surface area contributed by atoms with Crippen LogP contribution in [0.25, 0.3) is 0 Å². The summed E-state index contributed by atoms with van der Waals surface area (Å²) in [6, 6.07) is 5.22. The molecule has 0 saturated heterocycles. The van der Waals surface area contributed by atoms with Crippen LogP contribution in [0, 0.1) is 19.3 Å². The summed E-state index contributed by atoms with van der Waals surface area (Å²) in [5.74, 6) is 2.09. The van der Waals surface area contributed by atoms with E-state index in [-0.39, 0.29) is 18.4 Å². The van der Waals surface area contributed by atoms with Crippen molar-refractivity contribution in [1.29, 1.82) is 0 Å². The van der Waals surface area contributed by atoms with Crippen molar-refractivity contribution in [1.82, 2.24) is 10.2 Å². The van der Waals surface area contributed by atoms with Crippen molar-refractivity contribution in [3.63, 3.8) is 0 Å². The van der Waals surface area contributed by atoms with Crippen molar-refractivity contribution in [2.24, 2.45) is 0 Å². The average molecular weight is 273 g/mol. The van der Waals surface area contributed by atoms with Crippen LogP contribution in [0.1, 0.15) is 15.9 Å². The highest BCUT2D eigenvalue weighted by atomic mass is 16.2. The predicted molar refractivity (Wildman–Crippen MR) is 79.5 cm³/mol. The van der Waals surface area contributed by atoms with Crippen LogP contribution in [0.5, 0.6) is 0 Å². The smallest absolute Gasteiger partial charge is 0.253 e. The van der Waals surface area contributed by atoms with Gasteiger partial charge in [-0.1, -0.05) is 12.0 Å². The van der Waals surface area contributed by atoms with Gasteiger partial charge in [0.2, 0.25) is 5.91 Å². The lowest BCUT2D eigenvalue weighted by atomic mass is 10.1. The fourth-order valence-electron chi connectivity index (χ4n) is 1.59. The molecule has 2 amide bonds. The Balaban J connectivity index is 2.79. The monoisotopic (exact) mass is 273 g/mol. The summed E-state index contributed by atoms with van der Waals surface area (Å²) in [5, 5.41) is 5.57. The molecular formula is C15H19N3O2. The van der Waals surface area contributed by atoms with Gasteiger partial charge in [0.05, 0.1) is 13.1 Å². The largest absolute Gasteiger partial charge is 0.345 e. The SMILES string of the molecule is C#CCNCC(=O)Nc1cc(C(=O)N(C)C)ccc1C. The highest BCUT2D eigenvalue weighted by molar-refractivity contribution is 5.98. The summed E-state index contributed by atoms with van der Waals surface area (Å²) in [7, 11) is 3.37. The minimum Gasteiger partial charge on any atom is -0.345 e. The molecule has 0 atom stereocenters. The number of rotatable bonds is 5. The summed E-state index contributed by atoms with van der Waals surface area (Å²) in [4.78, 5) is 25.1. The third kappa shape index (κ3) is 4.41. The van der Waals surface area contributed by atoms with Crippen LogP contribution in [-0.4, -0.2) is 43.9 Å². The van der Waals surface area contributed by atoms with Crippen LogP contribution in [0.2, 0.25) is 0 Å². The van der Waals surface area contributed by atoms with Crippen LogP contribution in [0.15, 0.2) is 18.2 Å². The van der Waals surface area contributed by atoms with Crippen molar-refractivity contribution in [2.45, 2.75) is 6.92 Å². The Kier molecular flexibility index (Phi) is 5.75. The molecule has 0 aliphatic rings. The Morgan fingerprint density at radius 3 is 2.65 bits per heavy atom. The summed E-state index contributed by atoms with van der Waals surface area (Å²) in [5.41, 5.74) is 2.06. The number of aryl methyl sites for hydroxylation is 1. The number of hydrogen-bond acceptors (Lipinski definition) is 3. The predicted octanol–water partition coefficient (Wildman–Crippen LogP) is 0.858. The fraction of sp³-hybridized carbons (Fsp3) is 0.333. The second-order valence-electron chi connectivity index (χ2n) is 4.59. The van der Waals surface area contributed by atoms with E-state index in [2.05, 4.69) is 16.6 Å². The Hall–Kier alpha value is -2.32. The molecule has 1 aromatic carbocycles. The molecule has 106 valence electrons. The van der Waals surface area contributed by atoms with Gasteiger partial charge >= 0.3 is 0 Å². The number of anilines is 1. The van der Waals surface area contributed by atoms with Gasteiger partial charge in [0.1, 0.15) is 0 Å². The van der Waals surface area contributed by atoms with Crippen molar-refractivity contribution in [2.75, 3.05) is 32.5 Å². The molecule has 0 spiro atoms. The van der Waals surface area contributed by atoms with E-state index >= 15 is 0 Å². The Morgan fingerprint density at radius 2 is 2.05 bits per heavy atom. The van der Waals surface area contributed by atoms with Crippen LogP contribution in [-0.2, 0) is 4.79 Å². The van der Waals surface area contributed by atoms with E-state index in [0.717, 1.165) is 5.56 Å². The van der Waals surface area contributed by atoms with Gasteiger partial charge in [0.15, 0.2) is 0 Å². The Labute approximate surface area is 119 Å². The molecule has 0 saturated carbocycles. The first-order valence-corrected chi connectivity index (χ1v) is 6.22. The van der Waals surface area contributed by atoms with Gasteiger partial charge in [-0.25, -0.2) is 0 Å². The minimum absolute atomic E-state index is 0.106. The number of hydrogen-bond donors (Lipinski definition) is 2. The lowest BCUT2D eigenvalue weighted by molar-refractivity contribution is -0.115. The minimum atomic E-state index is -0.196. The first-order valence-electron chi connectivity index (χ1n) is 6.22. The van der Waals surface area contributed by atoms with Gasteiger partial charge in [0.25, 0.3) is 5.91 Å². The second kappa shape index (κ2) is 7.31. The van der Waals surface area contributed by atoms with Gasteiger partial charge in [-0.3, -0.25) is 14.9 Å². The zero-order valence-corrected chi connectivity index (χ0v) is 12.0. The molecule has 0 aromatic heterocycles. The zero-order chi connectivity index (χ0) is 15.1. The zero-order valence-electron chi connectivity index (χ0n) is 12.0. The maximum absolute atomic E-state index is 11.9.